The Hall–Kier alpha value is -4.99. The summed E-state index contributed by atoms with van der Waals surface area (Å²) in [7, 11) is -3.75. The minimum atomic E-state index is -3.75. The fraction of sp³-hybridized carbons (Fsp3) is 0.225. The minimum Gasteiger partial charge on any atom is -0.479 e. The summed E-state index contributed by atoms with van der Waals surface area (Å²) in [6.45, 7) is 11.7. The summed E-state index contributed by atoms with van der Waals surface area (Å²) in [6.07, 6.45) is -1.70. The van der Waals surface area contributed by atoms with E-state index in [1.54, 1.807) is 55.5 Å². The number of carbonyl (C=O) groups is 1. The normalized spacial score (nSPS) is 12.4. The number of nitrogens with one attached hydrogen (secondary N) is 2. The highest BCUT2D eigenvalue weighted by molar-refractivity contribution is 7.92. The summed E-state index contributed by atoms with van der Waals surface area (Å²) in [5.41, 5.74) is 6.50. The summed E-state index contributed by atoms with van der Waals surface area (Å²) in [6, 6.07) is 34.6. The van der Waals surface area contributed by atoms with Gasteiger partial charge in [0.1, 0.15) is 18.0 Å². The van der Waals surface area contributed by atoms with Gasteiger partial charge in [-0.15, -0.1) is 0 Å². The molecular weight excluding hydrogens is 670 g/mol. The third-order valence-corrected chi connectivity index (χ3v) is 10.1. The zero-order chi connectivity index (χ0) is 35.8. The number of rotatable bonds is 13. The van der Waals surface area contributed by atoms with Crippen LogP contribution in [0.15, 0.2) is 120 Å². The number of benzene rings is 5. The molecule has 2 atom stereocenters. The third-order valence-electron chi connectivity index (χ3n) is 8.43. The molecule has 5 rings (SSSR count). The quantitative estimate of drug-likeness (QED) is 0.126. The maximum atomic E-state index is 12.9. The lowest BCUT2D eigenvalue weighted by atomic mass is 10.0. The number of sulfonamides is 1. The fourth-order valence-corrected chi connectivity index (χ4v) is 6.84. The standard InChI is InChI=1S/C40H42ClN3O5S/c1-6-44(7-2)34-20-23-37(28(4)25-34)42-40(45)48-29(5)32-17-24-38(36(41)26-32)49-39(30-11-9-8-10-12-30)31-15-18-33(19-16-31)43-50(46,47)35-21-13-27(3)14-22-35/h8-26,29,39,43H,6-7H2,1-5H3,(H,42,45). The highest BCUT2D eigenvalue weighted by Gasteiger charge is 2.21. The molecule has 0 saturated heterocycles. The second-order valence-electron chi connectivity index (χ2n) is 12.0. The van der Waals surface area contributed by atoms with Crippen LogP contribution >= 0.6 is 11.6 Å². The molecule has 0 aliphatic carbocycles. The Morgan fingerprint density at radius 3 is 2.06 bits per heavy atom. The first-order valence-corrected chi connectivity index (χ1v) is 18.4. The van der Waals surface area contributed by atoms with Gasteiger partial charge >= 0.3 is 6.09 Å². The van der Waals surface area contributed by atoms with Gasteiger partial charge in [0.15, 0.2) is 0 Å². The molecule has 1 amide bonds. The Bertz CT molecular complexity index is 2020. The van der Waals surface area contributed by atoms with Crippen molar-refractivity contribution < 1.29 is 22.7 Å². The maximum absolute atomic E-state index is 12.9. The van der Waals surface area contributed by atoms with Crippen molar-refractivity contribution in [3.63, 3.8) is 0 Å². The van der Waals surface area contributed by atoms with Crippen molar-refractivity contribution in [2.45, 2.75) is 51.7 Å². The zero-order valence-electron chi connectivity index (χ0n) is 28.8. The second kappa shape index (κ2) is 16.1. The van der Waals surface area contributed by atoms with Crippen LogP contribution in [0, 0.1) is 13.8 Å². The maximum Gasteiger partial charge on any atom is 0.412 e. The number of ether oxygens (including phenoxy) is 2. The van der Waals surface area contributed by atoms with Gasteiger partial charge in [0, 0.05) is 30.2 Å². The molecule has 0 aliphatic heterocycles. The van der Waals surface area contributed by atoms with Gasteiger partial charge in [0.05, 0.1) is 9.92 Å². The van der Waals surface area contributed by atoms with Crippen molar-refractivity contribution in [2.24, 2.45) is 0 Å². The number of halogens is 1. The van der Waals surface area contributed by atoms with Gasteiger partial charge in [-0.25, -0.2) is 13.2 Å². The van der Waals surface area contributed by atoms with Crippen molar-refractivity contribution in [1.29, 1.82) is 0 Å². The first-order valence-electron chi connectivity index (χ1n) is 16.5. The van der Waals surface area contributed by atoms with Crippen molar-refractivity contribution in [3.05, 3.63) is 148 Å². The van der Waals surface area contributed by atoms with Crippen LogP contribution < -0.4 is 19.7 Å². The van der Waals surface area contributed by atoms with Crippen molar-refractivity contribution in [1.82, 2.24) is 0 Å². The van der Waals surface area contributed by atoms with E-state index < -0.39 is 28.3 Å². The smallest absolute Gasteiger partial charge is 0.412 e. The topological polar surface area (TPSA) is 97.0 Å². The van der Waals surface area contributed by atoms with Crippen LogP contribution in [0.25, 0.3) is 0 Å². The highest BCUT2D eigenvalue weighted by atomic mass is 35.5. The largest absolute Gasteiger partial charge is 0.479 e. The molecular formula is C40H42ClN3O5S. The Morgan fingerprint density at radius 2 is 1.44 bits per heavy atom. The Morgan fingerprint density at radius 1 is 0.800 bits per heavy atom. The number of hydrogen-bond donors (Lipinski definition) is 2. The van der Waals surface area contributed by atoms with Gasteiger partial charge in [-0.1, -0.05) is 77.8 Å². The lowest BCUT2D eigenvalue weighted by molar-refractivity contribution is 0.121. The molecule has 2 unspecified atom stereocenters. The summed E-state index contributed by atoms with van der Waals surface area (Å²) in [5.74, 6) is 0.439. The molecule has 0 bridgehead atoms. The number of carbonyl (C=O) groups excluding carboxylic acids is 1. The summed E-state index contributed by atoms with van der Waals surface area (Å²) < 4.78 is 40.7. The van der Waals surface area contributed by atoms with Gasteiger partial charge in [0.25, 0.3) is 10.0 Å². The van der Waals surface area contributed by atoms with Gasteiger partial charge in [0.2, 0.25) is 0 Å². The van der Waals surface area contributed by atoms with Crippen LogP contribution in [0.2, 0.25) is 5.02 Å². The molecule has 0 fully saturated rings. The van der Waals surface area contributed by atoms with Crippen LogP contribution in [0.3, 0.4) is 0 Å². The van der Waals surface area contributed by atoms with Crippen LogP contribution in [-0.2, 0) is 14.8 Å². The lowest BCUT2D eigenvalue weighted by Crippen LogP contribution is -2.22. The molecule has 0 aliphatic rings. The average molecular weight is 712 g/mol. The van der Waals surface area contributed by atoms with Crippen molar-refractivity contribution >= 4 is 44.8 Å². The molecule has 50 heavy (non-hydrogen) atoms. The molecule has 0 spiro atoms. The summed E-state index contributed by atoms with van der Waals surface area (Å²) >= 11 is 6.75. The number of amides is 1. The van der Waals surface area contributed by atoms with Gasteiger partial charge in [-0.05, 0) is 111 Å². The summed E-state index contributed by atoms with van der Waals surface area (Å²) in [4.78, 5) is 15.3. The van der Waals surface area contributed by atoms with E-state index in [0.29, 0.717) is 27.7 Å². The third kappa shape index (κ3) is 8.97. The molecule has 0 saturated carbocycles. The van der Waals surface area contributed by atoms with E-state index in [1.165, 1.54) is 0 Å². The van der Waals surface area contributed by atoms with E-state index in [9.17, 15) is 13.2 Å². The SMILES string of the molecule is CCN(CC)c1ccc(NC(=O)OC(C)c2ccc(OC(c3ccccc3)c3ccc(NS(=O)(=O)c4ccc(C)cc4)cc3)c(Cl)c2)c(C)c1. The highest BCUT2D eigenvalue weighted by Crippen LogP contribution is 2.36. The van der Waals surface area contributed by atoms with E-state index in [-0.39, 0.29) is 4.90 Å². The predicted octanol–water partition coefficient (Wildman–Crippen LogP) is 10.1. The monoisotopic (exact) mass is 711 g/mol. The minimum absolute atomic E-state index is 0.187. The number of hydrogen-bond acceptors (Lipinski definition) is 6. The number of nitrogens with zero attached hydrogens (tertiary/aromatic N) is 1. The van der Waals surface area contributed by atoms with Gasteiger partial charge in [-0.2, -0.15) is 0 Å². The van der Waals surface area contributed by atoms with Gasteiger partial charge < -0.3 is 14.4 Å². The van der Waals surface area contributed by atoms with E-state index in [1.807, 2.05) is 74.5 Å². The number of aryl methyl sites for hydroxylation is 2. The van der Waals surface area contributed by atoms with Crippen molar-refractivity contribution in [2.75, 3.05) is 28.0 Å². The van der Waals surface area contributed by atoms with E-state index >= 15 is 0 Å². The Balaban J connectivity index is 1.28. The van der Waals surface area contributed by atoms with Crippen LogP contribution in [0.1, 0.15) is 60.8 Å². The molecule has 0 radical (unpaired) electrons. The molecule has 5 aromatic carbocycles. The lowest BCUT2D eigenvalue weighted by Gasteiger charge is -2.23. The number of anilines is 3. The van der Waals surface area contributed by atoms with Crippen LogP contribution in [0.4, 0.5) is 21.9 Å². The second-order valence-corrected chi connectivity index (χ2v) is 14.1. The van der Waals surface area contributed by atoms with E-state index in [0.717, 1.165) is 41.0 Å². The van der Waals surface area contributed by atoms with E-state index in [2.05, 4.69) is 34.9 Å². The molecule has 5 aromatic rings. The molecule has 0 heterocycles. The fourth-order valence-electron chi connectivity index (χ4n) is 5.55. The van der Waals surface area contributed by atoms with E-state index in [4.69, 9.17) is 21.1 Å². The van der Waals surface area contributed by atoms with Crippen LogP contribution in [-0.4, -0.2) is 27.6 Å². The van der Waals surface area contributed by atoms with Crippen molar-refractivity contribution in [3.8, 4) is 5.75 Å². The average Bonchev–Trinajstić information content (AvgIpc) is 3.10. The summed E-state index contributed by atoms with van der Waals surface area (Å²) in [5, 5.41) is 3.20. The molecule has 0 aromatic heterocycles. The predicted molar refractivity (Wildman–Crippen MR) is 202 cm³/mol. The van der Waals surface area contributed by atoms with Gasteiger partial charge in [-0.3, -0.25) is 10.0 Å². The molecule has 260 valence electrons. The Labute approximate surface area is 300 Å². The Kier molecular flexibility index (Phi) is 11.7. The molecule has 10 heteroatoms. The zero-order valence-corrected chi connectivity index (χ0v) is 30.4. The van der Waals surface area contributed by atoms with Crippen LogP contribution in [0.5, 0.6) is 5.75 Å². The first kappa shape index (κ1) is 36.3. The molecule has 2 N–H and O–H groups in total. The first-order chi connectivity index (χ1) is 24.0. The molecule has 8 nitrogen and oxygen atoms in total.